The molecule has 0 fully saturated rings. The molecule has 14 heavy (non-hydrogen) atoms. The minimum atomic E-state index is -0.491. The number of oxime groups is 1. The monoisotopic (exact) mass is 201 g/mol. The van der Waals surface area contributed by atoms with E-state index in [9.17, 15) is 4.79 Å². The van der Waals surface area contributed by atoms with Gasteiger partial charge in [0.1, 0.15) is 0 Å². The van der Waals surface area contributed by atoms with E-state index in [-0.39, 0.29) is 11.7 Å². The third-order valence-corrected chi connectivity index (χ3v) is 2.20. The third kappa shape index (κ3) is 3.24. The highest BCUT2D eigenvalue weighted by Gasteiger charge is 2.24. The number of hydrogen-bond donors (Lipinski definition) is 2. The first kappa shape index (κ1) is 12.7. The Morgan fingerprint density at radius 3 is 2.50 bits per heavy atom. The standard InChI is InChI=1S/C9H19N3O2/c1-4-6-7(8(10)11-14)9(13)12(3)5-2/h7,14H,4-6H2,1-3H3,(H2,10,11). The fourth-order valence-corrected chi connectivity index (χ4v) is 1.18. The summed E-state index contributed by atoms with van der Waals surface area (Å²) in [7, 11) is 1.70. The van der Waals surface area contributed by atoms with Gasteiger partial charge in [0.15, 0.2) is 5.84 Å². The summed E-state index contributed by atoms with van der Waals surface area (Å²) in [5.74, 6) is -0.586. The molecular weight excluding hydrogens is 182 g/mol. The van der Waals surface area contributed by atoms with Crippen molar-refractivity contribution in [1.82, 2.24) is 4.90 Å². The van der Waals surface area contributed by atoms with Gasteiger partial charge in [0.05, 0.1) is 5.92 Å². The lowest BCUT2D eigenvalue weighted by atomic mass is 10.0. The summed E-state index contributed by atoms with van der Waals surface area (Å²) in [6.07, 6.45) is 1.43. The fraction of sp³-hybridized carbons (Fsp3) is 0.778. The van der Waals surface area contributed by atoms with Crippen LogP contribution in [0.15, 0.2) is 5.16 Å². The van der Waals surface area contributed by atoms with Gasteiger partial charge in [0.2, 0.25) is 5.91 Å². The zero-order chi connectivity index (χ0) is 11.1. The molecule has 0 aliphatic heterocycles. The van der Waals surface area contributed by atoms with Gasteiger partial charge in [-0.25, -0.2) is 0 Å². The summed E-state index contributed by atoms with van der Waals surface area (Å²) in [5.41, 5.74) is 5.45. The summed E-state index contributed by atoms with van der Waals surface area (Å²) in [6.45, 7) is 4.46. The molecule has 1 amide bonds. The molecule has 0 spiro atoms. The lowest BCUT2D eigenvalue weighted by Crippen LogP contribution is -2.39. The van der Waals surface area contributed by atoms with Crippen LogP contribution in [-0.2, 0) is 4.79 Å². The number of hydrogen-bond acceptors (Lipinski definition) is 3. The topological polar surface area (TPSA) is 78.9 Å². The van der Waals surface area contributed by atoms with Crippen molar-refractivity contribution in [2.45, 2.75) is 26.7 Å². The van der Waals surface area contributed by atoms with Gasteiger partial charge in [-0.15, -0.1) is 0 Å². The Kier molecular flexibility index (Phi) is 5.67. The average Bonchev–Trinajstić information content (AvgIpc) is 2.22. The Bertz CT molecular complexity index is 216. The minimum Gasteiger partial charge on any atom is -0.409 e. The lowest BCUT2D eigenvalue weighted by Gasteiger charge is -2.21. The number of nitrogens with zero attached hydrogens (tertiary/aromatic N) is 2. The number of amidine groups is 1. The molecular formula is C9H19N3O2. The predicted octanol–water partition coefficient (Wildman–Crippen LogP) is 0.627. The van der Waals surface area contributed by atoms with E-state index in [1.54, 1.807) is 11.9 Å². The first-order valence-corrected chi connectivity index (χ1v) is 4.80. The summed E-state index contributed by atoms with van der Waals surface area (Å²) in [4.78, 5) is 13.3. The molecule has 0 radical (unpaired) electrons. The molecule has 82 valence electrons. The van der Waals surface area contributed by atoms with Crippen LogP contribution in [0.2, 0.25) is 0 Å². The number of carbonyl (C=O) groups excluding carboxylic acids is 1. The molecule has 0 aromatic rings. The Hall–Kier alpha value is -1.26. The minimum absolute atomic E-state index is 0.00264. The second kappa shape index (κ2) is 6.23. The van der Waals surface area contributed by atoms with Gasteiger partial charge in [-0.1, -0.05) is 18.5 Å². The Balaban J connectivity index is 4.57. The maximum Gasteiger partial charge on any atom is 0.233 e. The van der Waals surface area contributed by atoms with Crippen LogP contribution in [0.25, 0.3) is 0 Å². The van der Waals surface area contributed by atoms with Crippen LogP contribution in [0.3, 0.4) is 0 Å². The molecule has 0 aromatic heterocycles. The third-order valence-electron chi connectivity index (χ3n) is 2.20. The van der Waals surface area contributed by atoms with E-state index in [1.807, 2.05) is 13.8 Å². The summed E-state index contributed by atoms with van der Waals surface area (Å²) >= 11 is 0. The van der Waals surface area contributed by atoms with Crippen molar-refractivity contribution in [3.63, 3.8) is 0 Å². The zero-order valence-corrected chi connectivity index (χ0v) is 9.03. The SMILES string of the molecule is CCCC(C(=O)N(C)CC)C(N)=NO. The molecule has 0 aliphatic carbocycles. The highest BCUT2D eigenvalue weighted by Crippen LogP contribution is 2.09. The molecule has 3 N–H and O–H groups in total. The number of rotatable bonds is 5. The molecule has 0 aromatic carbocycles. The normalized spacial score (nSPS) is 13.8. The Labute approximate surface area is 84.6 Å². The van der Waals surface area contributed by atoms with Crippen molar-refractivity contribution < 1.29 is 10.0 Å². The molecule has 5 nitrogen and oxygen atoms in total. The van der Waals surface area contributed by atoms with E-state index in [0.717, 1.165) is 6.42 Å². The van der Waals surface area contributed by atoms with Crippen LogP contribution in [0.5, 0.6) is 0 Å². The van der Waals surface area contributed by atoms with Crippen molar-refractivity contribution in [3.05, 3.63) is 0 Å². The van der Waals surface area contributed by atoms with Crippen molar-refractivity contribution in [2.24, 2.45) is 16.8 Å². The van der Waals surface area contributed by atoms with Crippen molar-refractivity contribution in [2.75, 3.05) is 13.6 Å². The van der Waals surface area contributed by atoms with Crippen LogP contribution in [0.1, 0.15) is 26.7 Å². The fourth-order valence-electron chi connectivity index (χ4n) is 1.18. The smallest absolute Gasteiger partial charge is 0.233 e. The van der Waals surface area contributed by atoms with Crippen LogP contribution in [0, 0.1) is 5.92 Å². The highest BCUT2D eigenvalue weighted by molar-refractivity contribution is 6.01. The van der Waals surface area contributed by atoms with Crippen LogP contribution < -0.4 is 5.73 Å². The number of carbonyl (C=O) groups is 1. The van der Waals surface area contributed by atoms with E-state index in [0.29, 0.717) is 13.0 Å². The van der Waals surface area contributed by atoms with E-state index in [1.165, 1.54) is 0 Å². The summed E-state index contributed by atoms with van der Waals surface area (Å²) in [5, 5.41) is 11.4. The maximum absolute atomic E-state index is 11.7. The van der Waals surface area contributed by atoms with Gasteiger partial charge >= 0.3 is 0 Å². The summed E-state index contributed by atoms with van der Waals surface area (Å²) < 4.78 is 0. The lowest BCUT2D eigenvalue weighted by molar-refractivity contribution is -0.132. The van der Waals surface area contributed by atoms with Gasteiger partial charge in [0, 0.05) is 13.6 Å². The Morgan fingerprint density at radius 2 is 2.14 bits per heavy atom. The van der Waals surface area contributed by atoms with E-state index < -0.39 is 5.92 Å². The van der Waals surface area contributed by atoms with E-state index in [4.69, 9.17) is 10.9 Å². The second-order valence-electron chi connectivity index (χ2n) is 3.22. The maximum atomic E-state index is 11.7. The number of nitrogens with two attached hydrogens (primary N) is 1. The van der Waals surface area contributed by atoms with E-state index >= 15 is 0 Å². The van der Waals surface area contributed by atoms with Gasteiger partial charge in [-0.3, -0.25) is 4.79 Å². The van der Waals surface area contributed by atoms with Gasteiger partial charge < -0.3 is 15.8 Å². The first-order chi connectivity index (χ1) is 6.58. The van der Waals surface area contributed by atoms with Crippen molar-refractivity contribution in [1.29, 1.82) is 0 Å². The molecule has 5 heteroatoms. The molecule has 1 atom stereocenters. The average molecular weight is 201 g/mol. The number of amides is 1. The zero-order valence-electron chi connectivity index (χ0n) is 9.03. The first-order valence-electron chi connectivity index (χ1n) is 4.80. The van der Waals surface area contributed by atoms with Crippen molar-refractivity contribution in [3.8, 4) is 0 Å². The molecule has 0 rings (SSSR count). The van der Waals surface area contributed by atoms with Crippen molar-refractivity contribution >= 4 is 11.7 Å². The van der Waals surface area contributed by atoms with Gasteiger partial charge in [-0.2, -0.15) is 0 Å². The quantitative estimate of drug-likeness (QED) is 0.296. The summed E-state index contributed by atoms with van der Waals surface area (Å²) in [6, 6.07) is 0. The molecule has 0 bridgehead atoms. The largest absolute Gasteiger partial charge is 0.409 e. The molecule has 0 saturated heterocycles. The molecule has 0 aliphatic rings. The van der Waals surface area contributed by atoms with Gasteiger partial charge in [-0.05, 0) is 13.3 Å². The van der Waals surface area contributed by atoms with Gasteiger partial charge in [0.25, 0.3) is 0 Å². The van der Waals surface area contributed by atoms with E-state index in [2.05, 4.69) is 5.16 Å². The van der Waals surface area contributed by atoms with Crippen LogP contribution in [-0.4, -0.2) is 35.4 Å². The van der Waals surface area contributed by atoms with Crippen LogP contribution >= 0.6 is 0 Å². The molecule has 0 saturated carbocycles. The molecule has 0 heterocycles. The molecule has 1 unspecified atom stereocenters. The predicted molar refractivity (Wildman–Crippen MR) is 55.1 cm³/mol. The Morgan fingerprint density at radius 1 is 1.57 bits per heavy atom. The highest BCUT2D eigenvalue weighted by atomic mass is 16.4. The van der Waals surface area contributed by atoms with Crippen LogP contribution in [0.4, 0.5) is 0 Å². The second-order valence-corrected chi connectivity index (χ2v) is 3.22.